The van der Waals surface area contributed by atoms with Crippen molar-refractivity contribution in [1.82, 2.24) is 15.3 Å². The molecule has 5 nitrogen and oxygen atoms in total. The van der Waals surface area contributed by atoms with Crippen LogP contribution in [0, 0.1) is 0 Å². The first-order valence-corrected chi connectivity index (χ1v) is 8.76. The molecule has 4 aromatic rings. The van der Waals surface area contributed by atoms with E-state index in [9.17, 15) is 4.79 Å². The average Bonchev–Trinajstić information content (AvgIpc) is 3.06. The number of para-hydroxylation sites is 1. The summed E-state index contributed by atoms with van der Waals surface area (Å²) in [6.07, 6.45) is 1.44. The lowest BCUT2D eigenvalue weighted by atomic mass is 10.1. The van der Waals surface area contributed by atoms with Gasteiger partial charge >= 0.3 is 0 Å². The lowest BCUT2D eigenvalue weighted by molar-refractivity contribution is 0.0943. The van der Waals surface area contributed by atoms with Gasteiger partial charge in [0, 0.05) is 18.4 Å². The molecule has 0 bridgehead atoms. The Labute approximate surface area is 151 Å². The standard InChI is InChI=1S/C21H19N3O2/c1-2-12-22-21(25)20-23-16(13-14-8-4-3-5-9-14)19-18(24-20)15-10-6-7-11-17(15)26-19/h3-11H,2,12-13H2,1H3,(H,22,25). The summed E-state index contributed by atoms with van der Waals surface area (Å²) in [5.41, 5.74) is 3.90. The highest BCUT2D eigenvalue weighted by molar-refractivity contribution is 6.04. The van der Waals surface area contributed by atoms with Gasteiger partial charge in [0.1, 0.15) is 11.1 Å². The molecule has 2 heterocycles. The second-order valence-corrected chi connectivity index (χ2v) is 6.19. The van der Waals surface area contributed by atoms with Crippen molar-refractivity contribution in [2.75, 3.05) is 6.54 Å². The quantitative estimate of drug-likeness (QED) is 0.591. The van der Waals surface area contributed by atoms with Crippen molar-refractivity contribution < 1.29 is 9.21 Å². The summed E-state index contributed by atoms with van der Waals surface area (Å²) in [6, 6.07) is 17.7. The summed E-state index contributed by atoms with van der Waals surface area (Å²) in [6.45, 7) is 2.61. The van der Waals surface area contributed by atoms with Crippen LogP contribution < -0.4 is 5.32 Å². The van der Waals surface area contributed by atoms with Gasteiger partial charge in [-0.15, -0.1) is 0 Å². The molecule has 2 aromatic heterocycles. The molecule has 0 spiro atoms. The van der Waals surface area contributed by atoms with Crippen LogP contribution in [0.25, 0.3) is 22.1 Å². The normalized spacial score (nSPS) is 11.1. The van der Waals surface area contributed by atoms with Crippen LogP contribution in [-0.4, -0.2) is 22.4 Å². The molecule has 0 aliphatic heterocycles. The molecule has 130 valence electrons. The van der Waals surface area contributed by atoms with E-state index in [1.807, 2.05) is 61.5 Å². The molecule has 0 saturated heterocycles. The van der Waals surface area contributed by atoms with Crippen LogP contribution in [0.15, 0.2) is 59.0 Å². The molecule has 1 amide bonds. The fourth-order valence-electron chi connectivity index (χ4n) is 2.98. The van der Waals surface area contributed by atoms with Crippen LogP contribution in [0.2, 0.25) is 0 Å². The van der Waals surface area contributed by atoms with Crippen molar-refractivity contribution in [3.63, 3.8) is 0 Å². The molecule has 4 rings (SSSR count). The summed E-state index contributed by atoms with van der Waals surface area (Å²) in [4.78, 5) is 21.5. The van der Waals surface area contributed by atoms with E-state index in [0.29, 0.717) is 24.1 Å². The third-order valence-electron chi connectivity index (χ3n) is 4.24. The number of hydrogen-bond donors (Lipinski definition) is 1. The highest BCUT2D eigenvalue weighted by Crippen LogP contribution is 2.29. The number of hydrogen-bond acceptors (Lipinski definition) is 4. The van der Waals surface area contributed by atoms with E-state index in [0.717, 1.165) is 28.6 Å². The van der Waals surface area contributed by atoms with Crippen LogP contribution in [-0.2, 0) is 6.42 Å². The van der Waals surface area contributed by atoms with Gasteiger partial charge in [0.25, 0.3) is 5.91 Å². The van der Waals surface area contributed by atoms with E-state index in [4.69, 9.17) is 4.42 Å². The van der Waals surface area contributed by atoms with E-state index >= 15 is 0 Å². The third kappa shape index (κ3) is 3.04. The lowest BCUT2D eigenvalue weighted by Crippen LogP contribution is -2.26. The molecule has 0 aliphatic carbocycles. The topological polar surface area (TPSA) is 68.0 Å². The summed E-state index contributed by atoms with van der Waals surface area (Å²) >= 11 is 0. The smallest absolute Gasteiger partial charge is 0.289 e. The summed E-state index contributed by atoms with van der Waals surface area (Å²) in [7, 11) is 0. The van der Waals surface area contributed by atoms with Gasteiger partial charge < -0.3 is 9.73 Å². The molecule has 2 aromatic carbocycles. The van der Waals surface area contributed by atoms with E-state index in [1.54, 1.807) is 0 Å². The van der Waals surface area contributed by atoms with Crippen LogP contribution in [0.1, 0.15) is 35.2 Å². The Balaban J connectivity index is 1.88. The minimum atomic E-state index is -0.256. The van der Waals surface area contributed by atoms with Gasteiger partial charge in [-0.1, -0.05) is 49.4 Å². The number of carbonyl (C=O) groups is 1. The number of amides is 1. The van der Waals surface area contributed by atoms with E-state index in [1.165, 1.54) is 0 Å². The number of fused-ring (bicyclic) bond motifs is 3. The van der Waals surface area contributed by atoms with Gasteiger partial charge in [0.15, 0.2) is 5.58 Å². The highest BCUT2D eigenvalue weighted by atomic mass is 16.3. The fraction of sp³-hybridized carbons (Fsp3) is 0.190. The Morgan fingerprint density at radius 3 is 2.62 bits per heavy atom. The fourth-order valence-corrected chi connectivity index (χ4v) is 2.98. The van der Waals surface area contributed by atoms with E-state index in [2.05, 4.69) is 15.3 Å². The molecular weight excluding hydrogens is 326 g/mol. The van der Waals surface area contributed by atoms with Gasteiger partial charge in [0.2, 0.25) is 5.82 Å². The average molecular weight is 345 g/mol. The molecule has 0 fully saturated rings. The van der Waals surface area contributed by atoms with Crippen LogP contribution in [0.4, 0.5) is 0 Å². The maximum absolute atomic E-state index is 12.4. The monoisotopic (exact) mass is 345 g/mol. The van der Waals surface area contributed by atoms with Crippen LogP contribution >= 0.6 is 0 Å². The van der Waals surface area contributed by atoms with Crippen molar-refractivity contribution in [3.05, 3.63) is 71.7 Å². The van der Waals surface area contributed by atoms with Gasteiger partial charge in [-0.2, -0.15) is 0 Å². The Morgan fingerprint density at radius 2 is 1.81 bits per heavy atom. The number of carbonyl (C=O) groups excluding carboxylic acids is 1. The Hall–Kier alpha value is -3.21. The Kier molecular flexibility index (Phi) is 4.35. The first-order valence-electron chi connectivity index (χ1n) is 8.76. The maximum atomic E-state index is 12.4. The van der Waals surface area contributed by atoms with Crippen molar-refractivity contribution in [1.29, 1.82) is 0 Å². The first kappa shape index (κ1) is 16.3. The zero-order valence-electron chi connectivity index (χ0n) is 14.5. The minimum absolute atomic E-state index is 0.184. The number of rotatable bonds is 5. The Bertz CT molecular complexity index is 1070. The van der Waals surface area contributed by atoms with Gasteiger partial charge in [-0.3, -0.25) is 4.79 Å². The second-order valence-electron chi connectivity index (χ2n) is 6.19. The molecule has 1 N–H and O–H groups in total. The van der Waals surface area contributed by atoms with E-state index in [-0.39, 0.29) is 11.7 Å². The van der Waals surface area contributed by atoms with Crippen molar-refractivity contribution in [2.45, 2.75) is 19.8 Å². The molecule has 0 radical (unpaired) electrons. The molecule has 0 atom stereocenters. The largest absolute Gasteiger partial charge is 0.452 e. The molecule has 0 saturated carbocycles. The van der Waals surface area contributed by atoms with Crippen LogP contribution in [0.3, 0.4) is 0 Å². The lowest BCUT2D eigenvalue weighted by Gasteiger charge is -2.06. The summed E-state index contributed by atoms with van der Waals surface area (Å²) in [5.74, 6) is -0.0724. The van der Waals surface area contributed by atoms with Crippen molar-refractivity contribution in [2.24, 2.45) is 0 Å². The maximum Gasteiger partial charge on any atom is 0.289 e. The number of nitrogens with zero attached hydrogens (tertiary/aromatic N) is 2. The molecule has 0 unspecified atom stereocenters. The number of nitrogens with one attached hydrogen (secondary N) is 1. The third-order valence-corrected chi connectivity index (χ3v) is 4.24. The number of furan rings is 1. The number of benzene rings is 2. The summed E-state index contributed by atoms with van der Waals surface area (Å²) in [5, 5.41) is 3.74. The Morgan fingerprint density at radius 1 is 1.04 bits per heavy atom. The molecule has 0 aliphatic rings. The van der Waals surface area contributed by atoms with Gasteiger partial charge in [-0.05, 0) is 24.1 Å². The molecule has 26 heavy (non-hydrogen) atoms. The van der Waals surface area contributed by atoms with E-state index < -0.39 is 0 Å². The zero-order valence-corrected chi connectivity index (χ0v) is 14.5. The molecule has 5 heteroatoms. The molecular formula is C21H19N3O2. The highest BCUT2D eigenvalue weighted by Gasteiger charge is 2.19. The predicted molar refractivity (Wildman–Crippen MR) is 101 cm³/mol. The van der Waals surface area contributed by atoms with Crippen LogP contribution in [0.5, 0.6) is 0 Å². The number of aromatic nitrogens is 2. The minimum Gasteiger partial charge on any atom is -0.452 e. The first-order chi connectivity index (χ1) is 12.8. The van der Waals surface area contributed by atoms with Crippen molar-refractivity contribution >= 4 is 28.0 Å². The summed E-state index contributed by atoms with van der Waals surface area (Å²) < 4.78 is 6.01. The van der Waals surface area contributed by atoms with Gasteiger partial charge in [0.05, 0.1) is 5.69 Å². The zero-order chi connectivity index (χ0) is 17.9. The SMILES string of the molecule is CCCNC(=O)c1nc(Cc2ccccc2)c2oc3ccccc3c2n1. The van der Waals surface area contributed by atoms with Crippen molar-refractivity contribution in [3.8, 4) is 0 Å². The second kappa shape index (κ2) is 6.96. The predicted octanol–water partition coefficient (Wildman–Crippen LogP) is 4.11. The van der Waals surface area contributed by atoms with Gasteiger partial charge in [-0.25, -0.2) is 9.97 Å².